The van der Waals surface area contributed by atoms with Crippen LogP contribution in [0, 0.1) is 0 Å². The van der Waals surface area contributed by atoms with Gasteiger partial charge in [0, 0.05) is 42.9 Å². The summed E-state index contributed by atoms with van der Waals surface area (Å²) in [6.07, 6.45) is 0. The van der Waals surface area contributed by atoms with Gasteiger partial charge in [0.2, 0.25) is 30.8 Å². The number of methoxy groups -OCH3 is 5. The lowest BCUT2D eigenvalue weighted by Gasteiger charge is -2.22. The lowest BCUT2D eigenvalue weighted by molar-refractivity contribution is 0.0946. The number of carbonyl (C=O) groups excluding carboxylic acids is 1. The third kappa shape index (κ3) is 4.57. The molecule has 0 bridgehead atoms. The number of hydrogen-bond donors (Lipinski definition) is 1. The molecule has 0 radical (unpaired) electrons. The van der Waals surface area contributed by atoms with Crippen LogP contribution in [0.5, 0.6) is 51.7 Å². The molecule has 3 aromatic rings. The highest BCUT2D eigenvalue weighted by molar-refractivity contribution is 5.95. The fourth-order valence-corrected chi connectivity index (χ4v) is 5.62. The summed E-state index contributed by atoms with van der Waals surface area (Å²) in [4.78, 5) is 15.4. The van der Waals surface area contributed by atoms with Gasteiger partial charge >= 0.3 is 0 Å². The molecule has 222 valence electrons. The minimum atomic E-state index is -0.264. The molecule has 0 saturated heterocycles. The van der Waals surface area contributed by atoms with Gasteiger partial charge in [0.1, 0.15) is 0 Å². The van der Waals surface area contributed by atoms with Gasteiger partial charge in [-0.3, -0.25) is 9.69 Å². The van der Waals surface area contributed by atoms with Gasteiger partial charge in [-0.25, -0.2) is 0 Å². The van der Waals surface area contributed by atoms with Crippen LogP contribution in [-0.4, -0.2) is 73.0 Å². The molecule has 0 unspecified atom stereocenters. The van der Waals surface area contributed by atoms with Crippen LogP contribution in [0.3, 0.4) is 0 Å². The number of benzene rings is 3. The van der Waals surface area contributed by atoms with Gasteiger partial charge in [-0.15, -0.1) is 0 Å². The molecule has 0 fully saturated rings. The van der Waals surface area contributed by atoms with Gasteiger partial charge in [-0.05, 0) is 35.4 Å². The summed E-state index contributed by atoms with van der Waals surface area (Å²) < 4.78 is 51.0. The Balaban J connectivity index is 1.31. The van der Waals surface area contributed by atoms with Gasteiger partial charge in [-0.2, -0.15) is 0 Å². The molecular formula is C30H32N2O10. The Hall–Kier alpha value is -4.71. The van der Waals surface area contributed by atoms with Gasteiger partial charge in [0.25, 0.3) is 5.91 Å². The largest absolute Gasteiger partial charge is 0.493 e. The average Bonchev–Trinajstić information content (AvgIpc) is 3.67. The number of amides is 1. The van der Waals surface area contributed by atoms with E-state index in [4.69, 9.17) is 42.6 Å². The highest BCUT2D eigenvalue weighted by Crippen LogP contribution is 2.57. The summed E-state index contributed by atoms with van der Waals surface area (Å²) in [6, 6.07) is 7.18. The lowest BCUT2D eigenvalue weighted by Crippen LogP contribution is -2.34. The first-order valence-corrected chi connectivity index (χ1v) is 13.3. The van der Waals surface area contributed by atoms with Crippen LogP contribution in [0.4, 0.5) is 0 Å². The molecule has 3 heterocycles. The summed E-state index contributed by atoms with van der Waals surface area (Å²) in [5, 5.41) is 3.01. The SMILES string of the molecule is COc1cc(C(=O)NCCN2Cc3cc(OC)c4c(c3-c3c(cc(OC)c5c3OCO5)C2)OCO4)cc(OC)c1OC. The molecule has 12 nitrogen and oxygen atoms in total. The number of ether oxygens (including phenoxy) is 9. The van der Waals surface area contributed by atoms with E-state index < -0.39 is 0 Å². The van der Waals surface area contributed by atoms with E-state index in [1.807, 2.05) is 12.1 Å². The third-order valence-electron chi connectivity index (χ3n) is 7.50. The maximum Gasteiger partial charge on any atom is 0.251 e. The Morgan fingerprint density at radius 2 is 1.17 bits per heavy atom. The quantitative estimate of drug-likeness (QED) is 0.400. The second-order valence-corrected chi connectivity index (χ2v) is 9.74. The Labute approximate surface area is 242 Å². The molecular weight excluding hydrogens is 548 g/mol. The van der Waals surface area contributed by atoms with Crippen molar-refractivity contribution in [3.8, 4) is 62.9 Å². The van der Waals surface area contributed by atoms with E-state index in [-0.39, 0.29) is 19.5 Å². The highest BCUT2D eigenvalue weighted by Gasteiger charge is 2.36. The molecule has 12 heteroatoms. The van der Waals surface area contributed by atoms with Crippen molar-refractivity contribution in [3.05, 3.63) is 41.0 Å². The molecule has 0 spiro atoms. The first kappa shape index (κ1) is 27.5. The topological polar surface area (TPSA) is 115 Å². The van der Waals surface area contributed by atoms with Crippen molar-refractivity contribution in [1.29, 1.82) is 0 Å². The number of hydrogen-bond acceptors (Lipinski definition) is 11. The molecule has 3 aliphatic rings. The van der Waals surface area contributed by atoms with Crippen molar-refractivity contribution in [2.75, 3.05) is 62.2 Å². The summed E-state index contributed by atoms with van der Waals surface area (Å²) in [6.45, 7) is 2.20. The van der Waals surface area contributed by atoms with E-state index in [1.54, 1.807) is 26.4 Å². The predicted molar refractivity (Wildman–Crippen MR) is 150 cm³/mol. The van der Waals surface area contributed by atoms with E-state index in [9.17, 15) is 4.79 Å². The van der Waals surface area contributed by atoms with Crippen LogP contribution < -0.4 is 47.9 Å². The number of rotatable bonds is 9. The summed E-state index contributed by atoms with van der Waals surface area (Å²) in [5.41, 5.74) is 4.06. The lowest BCUT2D eigenvalue weighted by atomic mass is 9.93. The van der Waals surface area contributed by atoms with Crippen LogP contribution >= 0.6 is 0 Å². The molecule has 0 aromatic heterocycles. The van der Waals surface area contributed by atoms with E-state index in [2.05, 4.69) is 10.2 Å². The van der Waals surface area contributed by atoms with Gasteiger partial charge in [-0.1, -0.05) is 0 Å². The fraction of sp³-hybridized carbons (Fsp3) is 0.367. The molecule has 42 heavy (non-hydrogen) atoms. The Kier molecular flexibility index (Phi) is 7.38. The van der Waals surface area contributed by atoms with Crippen LogP contribution in [0.15, 0.2) is 24.3 Å². The van der Waals surface area contributed by atoms with Crippen molar-refractivity contribution in [3.63, 3.8) is 0 Å². The van der Waals surface area contributed by atoms with Crippen molar-refractivity contribution < 1.29 is 47.4 Å². The first-order valence-electron chi connectivity index (χ1n) is 13.3. The molecule has 0 aliphatic carbocycles. The first-order chi connectivity index (χ1) is 20.5. The maximum absolute atomic E-state index is 13.1. The molecule has 0 atom stereocenters. The Bertz CT molecular complexity index is 1440. The van der Waals surface area contributed by atoms with Gasteiger partial charge in [0.15, 0.2) is 34.5 Å². The molecule has 3 aromatic carbocycles. The van der Waals surface area contributed by atoms with Crippen LogP contribution in [-0.2, 0) is 13.1 Å². The summed E-state index contributed by atoms with van der Waals surface area (Å²) in [5.74, 6) is 4.45. The third-order valence-corrected chi connectivity index (χ3v) is 7.50. The second-order valence-electron chi connectivity index (χ2n) is 9.74. The normalized spacial score (nSPS) is 14.4. The zero-order valence-electron chi connectivity index (χ0n) is 24.1. The molecule has 1 amide bonds. The van der Waals surface area contributed by atoms with Gasteiger partial charge < -0.3 is 47.9 Å². The highest BCUT2D eigenvalue weighted by atomic mass is 16.7. The number of nitrogens with zero attached hydrogens (tertiary/aromatic N) is 1. The predicted octanol–water partition coefficient (Wildman–Crippen LogP) is 3.60. The summed E-state index contributed by atoms with van der Waals surface area (Å²) >= 11 is 0. The van der Waals surface area contributed by atoms with Crippen LogP contribution in [0.25, 0.3) is 11.1 Å². The molecule has 0 saturated carbocycles. The molecule has 6 rings (SSSR count). The number of fused-ring (bicyclic) bond motifs is 7. The van der Waals surface area contributed by atoms with Crippen LogP contribution in [0.2, 0.25) is 0 Å². The zero-order chi connectivity index (χ0) is 29.4. The fourth-order valence-electron chi connectivity index (χ4n) is 5.62. The maximum atomic E-state index is 13.1. The standard InChI is InChI=1S/C30H32N2O10/c1-34-19-8-16(9-20(35-2)25(19)38-5)30(33)31-6-7-32-12-17-10-21(36-3)26-28(41-14-39-26)23(17)24-18(13-32)11-22(37-4)27-29(24)42-15-40-27/h8-11H,6-7,12-15H2,1-5H3,(H,31,33). The smallest absolute Gasteiger partial charge is 0.251 e. The Morgan fingerprint density at radius 1 is 0.690 bits per heavy atom. The van der Waals surface area contributed by atoms with E-state index in [0.717, 1.165) is 22.3 Å². The van der Waals surface area contributed by atoms with Crippen molar-refractivity contribution >= 4 is 5.91 Å². The van der Waals surface area contributed by atoms with E-state index in [1.165, 1.54) is 21.3 Å². The summed E-state index contributed by atoms with van der Waals surface area (Å²) in [7, 11) is 7.74. The minimum Gasteiger partial charge on any atom is -0.493 e. The molecule has 3 aliphatic heterocycles. The van der Waals surface area contributed by atoms with Crippen molar-refractivity contribution in [2.24, 2.45) is 0 Å². The monoisotopic (exact) mass is 580 g/mol. The Morgan fingerprint density at radius 3 is 1.62 bits per heavy atom. The van der Waals surface area contributed by atoms with Crippen molar-refractivity contribution in [1.82, 2.24) is 10.2 Å². The van der Waals surface area contributed by atoms with Gasteiger partial charge in [0.05, 0.1) is 35.5 Å². The number of nitrogens with one attached hydrogen (secondary N) is 1. The van der Waals surface area contributed by atoms with Crippen LogP contribution in [0.1, 0.15) is 21.5 Å². The second kappa shape index (κ2) is 11.3. The zero-order valence-corrected chi connectivity index (χ0v) is 24.1. The minimum absolute atomic E-state index is 0.0872. The van der Waals surface area contributed by atoms with Crippen molar-refractivity contribution in [2.45, 2.75) is 13.1 Å². The van der Waals surface area contributed by atoms with E-state index in [0.29, 0.717) is 83.5 Å². The number of carbonyl (C=O) groups is 1. The average molecular weight is 581 g/mol. The van der Waals surface area contributed by atoms with E-state index >= 15 is 0 Å². The molecule has 1 N–H and O–H groups in total.